The third-order valence-electron chi connectivity index (χ3n) is 13.2. The van der Waals surface area contributed by atoms with E-state index in [4.69, 9.17) is 0 Å². The lowest BCUT2D eigenvalue weighted by atomic mass is 10.0. The lowest BCUT2D eigenvalue weighted by Crippen LogP contribution is -2.09. The highest BCUT2D eigenvalue weighted by Crippen LogP contribution is 2.54. The Morgan fingerprint density at radius 1 is 0.227 bits per heavy atom. The van der Waals surface area contributed by atoms with Gasteiger partial charge in [-0.2, -0.15) is 0 Å². The molecule has 4 aromatic heterocycles. The second kappa shape index (κ2) is 18.2. The third kappa shape index (κ3) is 7.86. The van der Waals surface area contributed by atoms with Crippen LogP contribution in [0.4, 0.5) is 31.4 Å². The van der Waals surface area contributed by atoms with Gasteiger partial charge in [-0.3, -0.25) is 9.80 Å². The Morgan fingerprint density at radius 3 is 0.652 bits per heavy atom. The van der Waals surface area contributed by atoms with Gasteiger partial charge in [0.1, 0.15) is 20.0 Å². The van der Waals surface area contributed by atoms with E-state index in [0.29, 0.717) is 0 Å². The van der Waals surface area contributed by atoms with E-state index in [1.54, 1.807) is 0 Å². The van der Waals surface area contributed by atoms with Crippen LogP contribution in [0.3, 0.4) is 0 Å². The summed E-state index contributed by atoms with van der Waals surface area (Å²) in [6.45, 7) is 18.3. The number of hydrogen-bond acceptors (Lipinski definition) is 6. The molecule has 6 heteroatoms. The molecule has 0 aliphatic heterocycles. The zero-order chi connectivity index (χ0) is 45.6. The summed E-state index contributed by atoms with van der Waals surface area (Å²) in [4.78, 5) is 10.3. The van der Waals surface area contributed by atoms with Crippen LogP contribution in [-0.4, -0.2) is 0 Å². The van der Waals surface area contributed by atoms with Gasteiger partial charge < -0.3 is 0 Å². The topological polar surface area (TPSA) is 6.48 Å². The average Bonchev–Trinajstić information content (AvgIpc) is 4.04. The largest absolute Gasteiger partial charge is 0.293 e. The van der Waals surface area contributed by atoms with Crippen molar-refractivity contribution in [3.8, 4) is 52.9 Å². The number of benzene rings is 6. The maximum atomic E-state index is 2.52. The molecule has 0 aliphatic rings. The third-order valence-corrected chi connectivity index (χ3v) is 18.9. The molecular weight excluding hydrogens is 877 g/mol. The lowest BCUT2D eigenvalue weighted by molar-refractivity contribution is 1.26. The van der Waals surface area contributed by atoms with Gasteiger partial charge in [-0.25, -0.2) is 0 Å². The minimum Gasteiger partial charge on any atom is -0.293 e. The summed E-state index contributed by atoms with van der Waals surface area (Å²) in [6, 6.07) is 61.8. The van der Waals surface area contributed by atoms with E-state index in [1.165, 1.54) is 117 Å². The molecule has 0 unspecified atom stereocenters. The zero-order valence-electron chi connectivity index (χ0n) is 38.7. The molecule has 10 aromatic rings. The first-order valence-electron chi connectivity index (χ1n) is 22.5. The molecule has 0 N–H and O–H groups in total. The quantitative estimate of drug-likeness (QED) is 0.128. The van der Waals surface area contributed by atoms with Crippen molar-refractivity contribution in [3.05, 3.63) is 214 Å². The molecule has 0 amide bonds. The molecule has 326 valence electrons. The van der Waals surface area contributed by atoms with Gasteiger partial charge in [0.2, 0.25) is 0 Å². The minimum absolute atomic E-state index is 1.16. The highest BCUT2D eigenvalue weighted by molar-refractivity contribution is 7.23. The monoisotopic (exact) mass is 928 g/mol. The lowest BCUT2D eigenvalue weighted by Gasteiger charge is -2.25. The van der Waals surface area contributed by atoms with Gasteiger partial charge in [0.25, 0.3) is 0 Å². The van der Waals surface area contributed by atoms with Crippen LogP contribution in [0.2, 0.25) is 0 Å². The van der Waals surface area contributed by atoms with Crippen molar-refractivity contribution in [1.29, 1.82) is 0 Å². The molecule has 0 atom stereocenters. The molecule has 0 saturated carbocycles. The Morgan fingerprint density at radius 2 is 0.439 bits per heavy atom. The molecule has 2 nitrogen and oxygen atoms in total. The molecule has 0 fully saturated rings. The van der Waals surface area contributed by atoms with Crippen LogP contribution in [0.15, 0.2) is 170 Å². The highest BCUT2D eigenvalue weighted by atomic mass is 32.1. The van der Waals surface area contributed by atoms with Gasteiger partial charge in [0.15, 0.2) is 0 Å². The highest BCUT2D eigenvalue weighted by Gasteiger charge is 2.28. The van der Waals surface area contributed by atoms with Crippen molar-refractivity contribution in [2.45, 2.75) is 55.4 Å². The predicted octanol–water partition coefficient (Wildman–Crippen LogP) is 19.7. The molecule has 66 heavy (non-hydrogen) atoms. The first kappa shape index (κ1) is 43.6. The first-order valence-corrected chi connectivity index (χ1v) is 25.8. The number of nitrogens with zero attached hydrogens (tertiary/aromatic N) is 2. The standard InChI is InChI=1S/C60H52N2S4/c1-37-41(5)57(63-53(37)47-21-13-9-14-22-47)61(58-42(6)38(2)54(64-58)48-23-15-10-16-24-48)51-33-29-45(30-34-51)46-31-35-52(36-32-46)62(59-43(7)39(3)55(65-59)49-25-17-11-18-26-49)60-44(8)40(4)56(66-60)50-27-19-12-20-28-50/h9-36H,1-8H3. The molecule has 0 radical (unpaired) electrons. The summed E-state index contributed by atoms with van der Waals surface area (Å²) >= 11 is 7.57. The van der Waals surface area contributed by atoms with Gasteiger partial charge in [0, 0.05) is 30.9 Å². The normalized spacial score (nSPS) is 11.3. The van der Waals surface area contributed by atoms with E-state index in [1.807, 2.05) is 45.3 Å². The van der Waals surface area contributed by atoms with E-state index in [9.17, 15) is 0 Å². The number of rotatable bonds is 11. The van der Waals surface area contributed by atoms with Crippen molar-refractivity contribution >= 4 is 76.7 Å². The SMILES string of the molecule is Cc1c(-c2ccccc2)sc(N(c2ccc(-c3ccc(N(c4sc(-c5ccccc5)c(C)c4C)c4sc(-c5ccccc5)c(C)c4C)cc3)cc2)c2sc(-c3ccccc3)c(C)c2C)c1C. The Bertz CT molecular complexity index is 2890. The van der Waals surface area contributed by atoms with E-state index in [-0.39, 0.29) is 0 Å². The van der Waals surface area contributed by atoms with E-state index in [2.05, 4.69) is 235 Å². The molecule has 0 bridgehead atoms. The Balaban J connectivity index is 1.05. The van der Waals surface area contributed by atoms with Crippen LogP contribution in [0, 0.1) is 55.4 Å². The van der Waals surface area contributed by atoms with Crippen LogP contribution in [-0.2, 0) is 0 Å². The van der Waals surface area contributed by atoms with Crippen LogP contribution < -0.4 is 9.80 Å². The first-order chi connectivity index (χ1) is 32.1. The van der Waals surface area contributed by atoms with Crippen molar-refractivity contribution in [3.63, 3.8) is 0 Å². The van der Waals surface area contributed by atoms with E-state index >= 15 is 0 Å². The maximum Gasteiger partial charge on any atom is 0.104 e. The Kier molecular flexibility index (Phi) is 12.0. The van der Waals surface area contributed by atoms with Gasteiger partial charge >= 0.3 is 0 Å². The Labute approximate surface area is 406 Å². The summed E-state index contributed by atoms with van der Waals surface area (Å²) in [5, 5.41) is 5.04. The molecule has 0 spiro atoms. The fourth-order valence-electron chi connectivity index (χ4n) is 8.89. The summed E-state index contributed by atoms with van der Waals surface area (Å²) in [6.07, 6.45) is 0. The van der Waals surface area contributed by atoms with Gasteiger partial charge in [-0.1, -0.05) is 146 Å². The van der Waals surface area contributed by atoms with Gasteiger partial charge in [-0.15, -0.1) is 45.3 Å². The van der Waals surface area contributed by atoms with Crippen molar-refractivity contribution in [2.24, 2.45) is 0 Å². The summed E-state index contributed by atoms with van der Waals surface area (Å²) < 4.78 is 0. The van der Waals surface area contributed by atoms with Crippen molar-refractivity contribution in [2.75, 3.05) is 9.80 Å². The second-order valence-electron chi connectivity index (χ2n) is 17.2. The summed E-state index contributed by atoms with van der Waals surface area (Å²) in [5.41, 5.74) is 20.3. The Hall–Kier alpha value is -6.28. The van der Waals surface area contributed by atoms with Crippen molar-refractivity contribution in [1.82, 2.24) is 0 Å². The molecule has 6 aromatic carbocycles. The summed E-state index contributed by atoms with van der Waals surface area (Å²) in [5.74, 6) is 0. The van der Waals surface area contributed by atoms with Crippen molar-refractivity contribution < 1.29 is 0 Å². The van der Waals surface area contributed by atoms with Gasteiger partial charge in [0.05, 0.1) is 0 Å². The van der Waals surface area contributed by atoms with E-state index < -0.39 is 0 Å². The number of anilines is 6. The minimum atomic E-state index is 1.16. The second-order valence-corrected chi connectivity index (χ2v) is 21.2. The summed E-state index contributed by atoms with van der Waals surface area (Å²) in [7, 11) is 0. The fraction of sp³-hybridized carbons (Fsp3) is 0.133. The average molecular weight is 929 g/mol. The smallest absolute Gasteiger partial charge is 0.104 e. The molecular formula is C60H52N2S4. The predicted molar refractivity (Wildman–Crippen MR) is 292 cm³/mol. The van der Waals surface area contributed by atoms with E-state index in [0.717, 1.165) is 11.4 Å². The maximum absolute atomic E-state index is 2.52. The number of thiophene rings is 4. The zero-order valence-corrected chi connectivity index (χ0v) is 42.0. The van der Waals surface area contributed by atoms with Gasteiger partial charge in [-0.05, 0) is 158 Å². The van der Waals surface area contributed by atoms with Crippen LogP contribution >= 0.6 is 45.3 Å². The van der Waals surface area contributed by atoms with Crippen LogP contribution in [0.25, 0.3) is 52.9 Å². The van der Waals surface area contributed by atoms with Crippen LogP contribution in [0.5, 0.6) is 0 Å². The fourth-order valence-corrected chi connectivity index (χ4v) is 14.4. The number of hydrogen-bond donors (Lipinski definition) is 0. The molecule has 0 aliphatic carbocycles. The molecule has 10 rings (SSSR count). The van der Waals surface area contributed by atoms with Crippen LogP contribution in [0.1, 0.15) is 44.5 Å². The molecule has 4 heterocycles. The molecule has 0 saturated heterocycles.